The van der Waals surface area contributed by atoms with E-state index in [2.05, 4.69) is 5.32 Å². The van der Waals surface area contributed by atoms with Gasteiger partial charge in [0.25, 0.3) is 11.6 Å². The van der Waals surface area contributed by atoms with E-state index >= 15 is 0 Å². The number of nitrogens with one attached hydrogen (secondary N) is 1. The van der Waals surface area contributed by atoms with Gasteiger partial charge in [0.1, 0.15) is 11.4 Å². The molecular weight excluding hydrogens is 366 g/mol. The molecule has 0 radical (unpaired) electrons. The SMILES string of the molecule is Cc1cccc([N+](=O)[O-])c1NC(=O)COC(=O)[C@H](C)Oc1ccc(C#N)cc1. The van der Waals surface area contributed by atoms with E-state index in [4.69, 9.17) is 14.7 Å². The van der Waals surface area contributed by atoms with Crippen LogP contribution in [0.2, 0.25) is 0 Å². The van der Waals surface area contributed by atoms with E-state index in [9.17, 15) is 19.7 Å². The monoisotopic (exact) mass is 383 g/mol. The minimum atomic E-state index is -0.992. The molecule has 9 heteroatoms. The van der Waals surface area contributed by atoms with Gasteiger partial charge in [0.15, 0.2) is 12.7 Å². The highest BCUT2D eigenvalue weighted by atomic mass is 16.6. The van der Waals surface area contributed by atoms with Crippen LogP contribution in [0.25, 0.3) is 0 Å². The Morgan fingerprint density at radius 2 is 1.93 bits per heavy atom. The topological polar surface area (TPSA) is 132 Å². The van der Waals surface area contributed by atoms with Gasteiger partial charge in [-0.05, 0) is 43.7 Å². The maximum absolute atomic E-state index is 12.0. The summed E-state index contributed by atoms with van der Waals surface area (Å²) in [6.07, 6.45) is -0.992. The predicted molar refractivity (Wildman–Crippen MR) is 98.7 cm³/mol. The molecule has 28 heavy (non-hydrogen) atoms. The van der Waals surface area contributed by atoms with Gasteiger partial charge in [-0.25, -0.2) is 4.79 Å². The molecular formula is C19H17N3O6. The number of esters is 1. The number of rotatable bonds is 7. The standard InChI is InChI=1S/C19H17N3O6/c1-12-4-3-5-16(22(25)26)18(12)21-17(23)11-27-19(24)13(2)28-15-8-6-14(10-20)7-9-15/h3-9,13H,11H2,1-2H3,(H,21,23)/t13-/m0/s1. The normalized spacial score (nSPS) is 11.0. The number of hydrogen-bond donors (Lipinski definition) is 1. The first-order chi connectivity index (χ1) is 13.3. The molecule has 0 aliphatic carbocycles. The molecule has 0 saturated heterocycles. The highest BCUT2D eigenvalue weighted by molar-refractivity contribution is 5.95. The van der Waals surface area contributed by atoms with Crippen LogP contribution in [0.3, 0.4) is 0 Å². The van der Waals surface area contributed by atoms with Gasteiger partial charge < -0.3 is 14.8 Å². The summed E-state index contributed by atoms with van der Waals surface area (Å²) in [6, 6.07) is 12.5. The highest BCUT2D eigenvalue weighted by Crippen LogP contribution is 2.27. The summed E-state index contributed by atoms with van der Waals surface area (Å²) in [6.45, 7) is 2.44. The quantitative estimate of drug-likeness (QED) is 0.442. The predicted octanol–water partition coefficient (Wildman–Crippen LogP) is 2.72. The van der Waals surface area contributed by atoms with E-state index < -0.39 is 29.5 Å². The van der Waals surface area contributed by atoms with Gasteiger partial charge in [0.05, 0.1) is 16.6 Å². The molecule has 1 amide bonds. The number of ether oxygens (including phenoxy) is 2. The van der Waals surface area contributed by atoms with Gasteiger partial charge in [0.2, 0.25) is 0 Å². The molecule has 0 spiro atoms. The molecule has 2 rings (SSSR count). The van der Waals surface area contributed by atoms with Crippen LogP contribution in [0.5, 0.6) is 5.75 Å². The highest BCUT2D eigenvalue weighted by Gasteiger charge is 2.21. The molecule has 1 atom stereocenters. The number of carbonyl (C=O) groups is 2. The fourth-order valence-corrected chi connectivity index (χ4v) is 2.26. The summed E-state index contributed by atoms with van der Waals surface area (Å²) in [5.74, 6) is -1.13. The van der Waals surface area contributed by atoms with Gasteiger partial charge in [0, 0.05) is 6.07 Å². The molecule has 2 aromatic rings. The summed E-state index contributed by atoms with van der Waals surface area (Å²) in [7, 11) is 0. The Labute approximate surface area is 160 Å². The number of para-hydroxylation sites is 1. The lowest BCUT2D eigenvalue weighted by Gasteiger charge is -2.14. The van der Waals surface area contributed by atoms with Crippen LogP contribution >= 0.6 is 0 Å². The van der Waals surface area contributed by atoms with Crippen molar-refractivity contribution in [2.24, 2.45) is 0 Å². The number of benzene rings is 2. The van der Waals surface area contributed by atoms with E-state index in [1.165, 1.54) is 43.3 Å². The number of nitro benzene ring substituents is 1. The second-order valence-electron chi connectivity index (χ2n) is 5.78. The van der Waals surface area contributed by atoms with Crippen molar-refractivity contribution in [2.45, 2.75) is 20.0 Å². The lowest BCUT2D eigenvalue weighted by Crippen LogP contribution is -2.30. The Morgan fingerprint density at radius 1 is 1.25 bits per heavy atom. The lowest BCUT2D eigenvalue weighted by molar-refractivity contribution is -0.384. The fourth-order valence-electron chi connectivity index (χ4n) is 2.26. The average molecular weight is 383 g/mol. The van der Waals surface area contributed by atoms with E-state index in [-0.39, 0.29) is 11.4 Å². The molecule has 0 aromatic heterocycles. The van der Waals surface area contributed by atoms with E-state index in [1.807, 2.05) is 6.07 Å². The average Bonchev–Trinajstić information content (AvgIpc) is 2.68. The first-order valence-corrected chi connectivity index (χ1v) is 8.19. The van der Waals surface area contributed by atoms with Crippen molar-refractivity contribution < 1.29 is 24.0 Å². The first-order valence-electron chi connectivity index (χ1n) is 8.19. The summed E-state index contributed by atoms with van der Waals surface area (Å²) in [5, 5.41) is 22.2. The first kappa shape index (κ1) is 20.4. The van der Waals surface area contributed by atoms with Crippen molar-refractivity contribution in [2.75, 3.05) is 11.9 Å². The van der Waals surface area contributed by atoms with Crippen molar-refractivity contribution in [3.05, 3.63) is 63.7 Å². The summed E-state index contributed by atoms with van der Waals surface area (Å²) in [5.41, 5.74) is 0.753. The van der Waals surface area contributed by atoms with Crippen LogP contribution in [0.1, 0.15) is 18.1 Å². The van der Waals surface area contributed by atoms with Crippen molar-refractivity contribution in [1.82, 2.24) is 0 Å². The minimum Gasteiger partial charge on any atom is -0.479 e. The Bertz CT molecular complexity index is 934. The van der Waals surface area contributed by atoms with E-state index in [0.29, 0.717) is 16.9 Å². The third-order valence-corrected chi connectivity index (χ3v) is 3.69. The van der Waals surface area contributed by atoms with Crippen LogP contribution < -0.4 is 10.1 Å². The Hall–Kier alpha value is -3.93. The van der Waals surface area contributed by atoms with Crippen molar-refractivity contribution in [1.29, 1.82) is 5.26 Å². The maximum atomic E-state index is 12.0. The number of nitrogens with zero attached hydrogens (tertiary/aromatic N) is 2. The molecule has 144 valence electrons. The molecule has 0 heterocycles. The number of nitro groups is 1. The Kier molecular flexibility index (Phi) is 6.65. The summed E-state index contributed by atoms with van der Waals surface area (Å²) in [4.78, 5) is 34.4. The van der Waals surface area contributed by atoms with Gasteiger partial charge in [-0.2, -0.15) is 5.26 Å². The molecule has 0 bridgehead atoms. The molecule has 0 fully saturated rings. The molecule has 0 aliphatic rings. The fraction of sp³-hybridized carbons (Fsp3) is 0.211. The van der Waals surface area contributed by atoms with Crippen molar-refractivity contribution in [3.8, 4) is 11.8 Å². The number of hydrogen-bond acceptors (Lipinski definition) is 7. The van der Waals surface area contributed by atoms with Gasteiger partial charge in [-0.1, -0.05) is 12.1 Å². The zero-order chi connectivity index (χ0) is 20.7. The Balaban J connectivity index is 1.91. The van der Waals surface area contributed by atoms with Gasteiger partial charge in [-0.3, -0.25) is 14.9 Å². The van der Waals surface area contributed by atoms with Crippen LogP contribution in [-0.4, -0.2) is 29.5 Å². The van der Waals surface area contributed by atoms with E-state index in [0.717, 1.165) is 0 Å². The second kappa shape index (κ2) is 9.14. The minimum absolute atomic E-state index is 0.0513. The summed E-state index contributed by atoms with van der Waals surface area (Å²) < 4.78 is 10.3. The van der Waals surface area contributed by atoms with Gasteiger partial charge >= 0.3 is 5.97 Å². The number of carbonyl (C=O) groups excluding carboxylic acids is 2. The third-order valence-electron chi connectivity index (χ3n) is 3.69. The van der Waals surface area contributed by atoms with Crippen LogP contribution in [0, 0.1) is 28.4 Å². The lowest BCUT2D eigenvalue weighted by atomic mass is 10.1. The largest absolute Gasteiger partial charge is 0.479 e. The number of aryl methyl sites for hydroxylation is 1. The second-order valence-corrected chi connectivity index (χ2v) is 5.78. The summed E-state index contributed by atoms with van der Waals surface area (Å²) >= 11 is 0. The zero-order valence-electron chi connectivity index (χ0n) is 15.2. The van der Waals surface area contributed by atoms with Crippen LogP contribution in [0.15, 0.2) is 42.5 Å². The molecule has 1 N–H and O–H groups in total. The molecule has 0 unspecified atom stereocenters. The third kappa shape index (κ3) is 5.28. The number of nitriles is 1. The molecule has 2 aromatic carbocycles. The maximum Gasteiger partial charge on any atom is 0.347 e. The van der Waals surface area contributed by atoms with Crippen molar-refractivity contribution >= 4 is 23.3 Å². The molecule has 0 aliphatic heterocycles. The smallest absolute Gasteiger partial charge is 0.347 e. The van der Waals surface area contributed by atoms with E-state index in [1.54, 1.807) is 13.0 Å². The number of amides is 1. The zero-order valence-corrected chi connectivity index (χ0v) is 15.2. The molecule has 0 saturated carbocycles. The van der Waals surface area contributed by atoms with Crippen LogP contribution in [0.4, 0.5) is 11.4 Å². The Morgan fingerprint density at radius 3 is 2.54 bits per heavy atom. The van der Waals surface area contributed by atoms with Crippen LogP contribution in [-0.2, 0) is 14.3 Å². The van der Waals surface area contributed by atoms with Crippen molar-refractivity contribution in [3.63, 3.8) is 0 Å². The van der Waals surface area contributed by atoms with Gasteiger partial charge in [-0.15, -0.1) is 0 Å². The molecule has 9 nitrogen and oxygen atoms in total. The number of anilines is 1.